The number of fused-ring (bicyclic) bond motifs is 2. The summed E-state index contributed by atoms with van der Waals surface area (Å²) >= 11 is 0. The van der Waals surface area contributed by atoms with E-state index in [4.69, 9.17) is 4.74 Å². The van der Waals surface area contributed by atoms with Gasteiger partial charge < -0.3 is 14.6 Å². The van der Waals surface area contributed by atoms with Crippen molar-refractivity contribution in [2.75, 3.05) is 33.4 Å². The molecule has 0 aliphatic carbocycles. The van der Waals surface area contributed by atoms with Gasteiger partial charge in [-0.1, -0.05) is 30.2 Å². The third-order valence-electron chi connectivity index (χ3n) is 5.69. The number of rotatable bonds is 2. The van der Waals surface area contributed by atoms with Gasteiger partial charge in [0.2, 0.25) is 0 Å². The summed E-state index contributed by atoms with van der Waals surface area (Å²) in [5.41, 5.74) is 6.50. The molecule has 4 heterocycles. The Labute approximate surface area is 202 Å². The first-order valence-electron chi connectivity index (χ1n) is 11.3. The van der Waals surface area contributed by atoms with Crippen molar-refractivity contribution >= 4 is 23.0 Å². The molecule has 0 amide bonds. The molecule has 1 saturated heterocycles. The Kier molecular flexibility index (Phi) is 6.61. The second kappa shape index (κ2) is 10.3. The molecule has 2 aromatic carbocycles. The number of carbonyl (C=O) groups excluding carboxylic acids is 1. The van der Waals surface area contributed by atoms with Crippen LogP contribution in [0.3, 0.4) is 0 Å². The van der Waals surface area contributed by atoms with Crippen LogP contribution in [-0.4, -0.2) is 69.1 Å². The predicted octanol–water partition coefficient (Wildman–Crippen LogP) is 3.43. The summed E-state index contributed by atoms with van der Waals surface area (Å²) in [6.45, 7) is 4.02. The highest BCUT2D eigenvalue weighted by Crippen LogP contribution is 2.18. The summed E-state index contributed by atoms with van der Waals surface area (Å²) < 4.78 is 6.83. The number of nitrogens with zero attached hydrogens (tertiary/aromatic N) is 5. The van der Waals surface area contributed by atoms with Crippen LogP contribution in [-0.2, 0) is 4.74 Å². The van der Waals surface area contributed by atoms with Crippen molar-refractivity contribution in [3.8, 4) is 23.1 Å². The van der Waals surface area contributed by atoms with E-state index in [0.717, 1.165) is 66.1 Å². The number of aromatic amines is 1. The third-order valence-corrected chi connectivity index (χ3v) is 5.69. The molecule has 1 aliphatic rings. The Morgan fingerprint density at radius 3 is 2.57 bits per heavy atom. The highest BCUT2D eigenvalue weighted by Gasteiger charge is 2.06. The Morgan fingerprint density at radius 2 is 1.83 bits per heavy atom. The second-order valence-electron chi connectivity index (χ2n) is 8.17. The van der Waals surface area contributed by atoms with Crippen LogP contribution in [0.4, 0.5) is 0 Å². The maximum absolute atomic E-state index is 10.8. The van der Waals surface area contributed by atoms with Crippen molar-refractivity contribution in [3.63, 3.8) is 0 Å². The topological polar surface area (TPSA) is 88.4 Å². The number of carbonyl (C=O) groups is 1. The highest BCUT2D eigenvalue weighted by molar-refractivity contribution is 5.77. The van der Waals surface area contributed by atoms with Crippen LogP contribution in [0.2, 0.25) is 0 Å². The van der Waals surface area contributed by atoms with Gasteiger partial charge in [0, 0.05) is 29.8 Å². The van der Waals surface area contributed by atoms with Gasteiger partial charge in [-0.05, 0) is 43.3 Å². The molecule has 0 saturated carbocycles. The number of hydrogen-bond acceptors (Lipinski definition) is 6. The van der Waals surface area contributed by atoms with Gasteiger partial charge in [-0.15, -0.1) is 0 Å². The van der Waals surface area contributed by atoms with Gasteiger partial charge in [-0.3, -0.25) is 4.79 Å². The maximum atomic E-state index is 10.8. The number of benzene rings is 2. The lowest BCUT2D eigenvalue weighted by Gasteiger charge is -2.21. The van der Waals surface area contributed by atoms with Gasteiger partial charge in [-0.25, -0.2) is 14.5 Å². The number of hydrogen-bond donors (Lipinski definition) is 1. The van der Waals surface area contributed by atoms with Gasteiger partial charge in [0.15, 0.2) is 5.65 Å². The lowest BCUT2D eigenvalue weighted by atomic mass is 10.1. The summed E-state index contributed by atoms with van der Waals surface area (Å²) in [6, 6.07) is 16.9. The van der Waals surface area contributed by atoms with Crippen LogP contribution < -0.4 is 0 Å². The number of H-pyrrole nitrogens is 1. The van der Waals surface area contributed by atoms with E-state index in [-0.39, 0.29) is 0 Å². The molecule has 0 spiro atoms. The molecule has 3 aromatic heterocycles. The molecule has 6 rings (SSSR count). The van der Waals surface area contributed by atoms with Gasteiger partial charge in [-0.2, -0.15) is 5.10 Å². The zero-order valence-corrected chi connectivity index (χ0v) is 19.3. The van der Waals surface area contributed by atoms with Crippen molar-refractivity contribution in [3.05, 3.63) is 83.9 Å². The molecule has 1 aliphatic heterocycles. The SMILES string of the molecule is CN1CCOCC1.O=Cc1ccc(-c2ccc3ncc(C#Cc4ccc5nc[nH]c5c4)n3n2)cc1. The monoisotopic (exact) mass is 464 g/mol. The fourth-order valence-electron chi connectivity index (χ4n) is 3.65. The first-order valence-corrected chi connectivity index (χ1v) is 11.3. The molecule has 174 valence electrons. The van der Waals surface area contributed by atoms with Crippen LogP contribution in [0.5, 0.6) is 0 Å². The van der Waals surface area contributed by atoms with Crippen LogP contribution in [0.15, 0.2) is 67.1 Å². The molecule has 0 radical (unpaired) electrons. The molecule has 1 fully saturated rings. The van der Waals surface area contributed by atoms with Crippen molar-refractivity contribution in [2.24, 2.45) is 0 Å². The van der Waals surface area contributed by atoms with Crippen molar-refractivity contribution in [2.45, 2.75) is 0 Å². The number of likely N-dealkylation sites (N-methyl/N-ethyl adjacent to an activating group) is 1. The molecule has 0 bridgehead atoms. The number of morpholine rings is 1. The molecule has 8 heteroatoms. The molecule has 0 unspecified atom stereocenters. The maximum Gasteiger partial charge on any atom is 0.154 e. The largest absolute Gasteiger partial charge is 0.379 e. The minimum absolute atomic E-state index is 0.633. The van der Waals surface area contributed by atoms with E-state index in [9.17, 15) is 4.79 Å². The van der Waals surface area contributed by atoms with E-state index in [1.165, 1.54) is 0 Å². The number of aldehydes is 1. The van der Waals surface area contributed by atoms with E-state index in [1.807, 2.05) is 42.5 Å². The van der Waals surface area contributed by atoms with Gasteiger partial charge in [0.25, 0.3) is 0 Å². The molecule has 0 atom stereocenters. The first-order chi connectivity index (χ1) is 17.2. The van der Waals surface area contributed by atoms with E-state index in [0.29, 0.717) is 11.3 Å². The molecule has 1 N–H and O–H groups in total. The van der Waals surface area contributed by atoms with Crippen LogP contribution in [0.25, 0.3) is 27.9 Å². The predicted molar refractivity (Wildman–Crippen MR) is 134 cm³/mol. The molecule has 35 heavy (non-hydrogen) atoms. The van der Waals surface area contributed by atoms with Crippen LogP contribution in [0.1, 0.15) is 21.6 Å². The summed E-state index contributed by atoms with van der Waals surface area (Å²) in [5.74, 6) is 6.30. The summed E-state index contributed by atoms with van der Waals surface area (Å²) in [5, 5.41) is 4.66. The Morgan fingerprint density at radius 1 is 1.00 bits per heavy atom. The highest BCUT2D eigenvalue weighted by atomic mass is 16.5. The first kappa shape index (κ1) is 22.5. The molecule has 5 aromatic rings. The van der Waals surface area contributed by atoms with Gasteiger partial charge in [0.1, 0.15) is 12.0 Å². The van der Waals surface area contributed by atoms with E-state index < -0.39 is 0 Å². The van der Waals surface area contributed by atoms with E-state index >= 15 is 0 Å². The quantitative estimate of drug-likeness (QED) is 0.318. The molecular formula is C27H24N6O2. The Balaban J connectivity index is 0.000000313. The number of imidazole rings is 2. The Hall–Kier alpha value is -4.32. The minimum atomic E-state index is 0.633. The third kappa shape index (κ3) is 5.27. The number of aromatic nitrogens is 5. The Bertz CT molecular complexity index is 1520. The lowest BCUT2D eigenvalue weighted by molar-refractivity contribution is 0.0503. The van der Waals surface area contributed by atoms with Crippen molar-refractivity contribution in [1.82, 2.24) is 29.5 Å². The van der Waals surface area contributed by atoms with E-state index in [2.05, 4.69) is 43.8 Å². The van der Waals surface area contributed by atoms with Crippen molar-refractivity contribution < 1.29 is 9.53 Å². The second-order valence-corrected chi connectivity index (χ2v) is 8.17. The fourth-order valence-corrected chi connectivity index (χ4v) is 3.65. The molecule has 8 nitrogen and oxygen atoms in total. The number of nitrogens with one attached hydrogen (secondary N) is 1. The van der Waals surface area contributed by atoms with Gasteiger partial charge in [0.05, 0.1) is 42.5 Å². The lowest BCUT2D eigenvalue weighted by Crippen LogP contribution is -2.32. The summed E-state index contributed by atoms with van der Waals surface area (Å²) in [7, 11) is 2.11. The average molecular weight is 465 g/mol. The normalized spacial score (nSPS) is 13.6. The van der Waals surface area contributed by atoms with E-state index in [1.54, 1.807) is 29.2 Å². The fraction of sp³-hybridized carbons (Fsp3) is 0.185. The van der Waals surface area contributed by atoms with Crippen LogP contribution in [0, 0.1) is 11.8 Å². The van der Waals surface area contributed by atoms with Gasteiger partial charge >= 0.3 is 0 Å². The van der Waals surface area contributed by atoms with Crippen molar-refractivity contribution in [1.29, 1.82) is 0 Å². The zero-order valence-electron chi connectivity index (χ0n) is 19.3. The molecular weight excluding hydrogens is 440 g/mol. The number of ether oxygens (including phenoxy) is 1. The minimum Gasteiger partial charge on any atom is -0.379 e. The summed E-state index contributed by atoms with van der Waals surface area (Å²) in [4.78, 5) is 24.8. The zero-order chi connectivity index (χ0) is 24.0. The average Bonchev–Trinajstić information content (AvgIpc) is 3.54. The standard InChI is InChI=1S/C22H13N5O.C5H11NO/c28-13-16-1-5-17(6-2-16)19-9-10-22-23-12-18(27(22)26-19)7-3-15-4-8-20-21(11-15)25-14-24-20;1-6-2-4-7-5-3-6/h1-2,4-6,8-14H,(H,24,25);2-5H2,1H3. The smallest absolute Gasteiger partial charge is 0.154 e. The van der Waals surface area contributed by atoms with Crippen LogP contribution >= 0.6 is 0 Å². The summed E-state index contributed by atoms with van der Waals surface area (Å²) in [6.07, 6.45) is 4.20.